The Morgan fingerprint density at radius 3 is 2.54 bits per heavy atom. The van der Waals surface area contributed by atoms with E-state index in [1.165, 1.54) is 17.0 Å². The highest BCUT2D eigenvalue weighted by Crippen LogP contribution is 2.04. The van der Waals surface area contributed by atoms with Crippen molar-refractivity contribution in [3.63, 3.8) is 0 Å². The van der Waals surface area contributed by atoms with Crippen LogP contribution in [0, 0.1) is 12.7 Å². The average Bonchev–Trinajstić information content (AvgIpc) is 2.95. The Morgan fingerprint density at radius 1 is 1.27 bits per heavy atom. The van der Waals surface area contributed by atoms with Crippen LogP contribution in [0.1, 0.15) is 24.6 Å². The molecule has 26 heavy (non-hydrogen) atoms. The molecule has 1 aromatic heterocycles. The summed E-state index contributed by atoms with van der Waals surface area (Å²) in [5.74, 6) is -0.793. The SMILES string of the molecule is CCN(CC(=O)NCc1ccc(F)cc1)C(=O)CCn1c(C)csc1=O. The monoisotopic (exact) mass is 379 g/mol. The van der Waals surface area contributed by atoms with Crippen molar-refractivity contribution in [1.82, 2.24) is 14.8 Å². The van der Waals surface area contributed by atoms with E-state index < -0.39 is 0 Å². The van der Waals surface area contributed by atoms with E-state index in [4.69, 9.17) is 0 Å². The Bertz CT molecular complexity index is 814. The molecule has 0 aliphatic carbocycles. The fourth-order valence-corrected chi connectivity index (χ4v) is 3.21. The van der Waals surface area contributed by atoms with Gasteiger partial charge in [-0.15, -0.1) is 0 Å². The molecular formula is C18H22FN3O3S. The van der Waals surface area contributed by atoms with Gasteiger partial charge in [0.25, 0.3) is 0 Å². The lowest BCUT2D eigenvalue weighted by Crippen LogP contribution is -2.40. The predicted octanol–water partition coefficient (Wildman–Crippen LogP) is 1.91. The summed E-state index contributed by atoms with van der Waals surface area (Å²) in [6.45, 7) is 4.55. The summed E-state index contributed by atoms with van der Waals surface area (Å²) in [5.41, 5.74) is 1.61. The smallest absolute Gasteiger partial charge is 0.307 e. The Kier molecular flexibility index (Phi) is 7.08. The number of nitrogens with zero attached hydrogens (tertiary/aromatic N) is 2. The van der Waals surface area contributed by atoms with E-state index in [9.17, 15) is 18.8 Å². The molecule has 2 aromatic rings. The van der Waals surface area contributed by atoms with Crippen LogP contribution in [-0.4, -0.2) is 34.4 Å². The molecule has 140 valence electrons. The number of aromatic nitrogens is 1. The van der Waals surface area contributed by atoms with E-state index in [0.29, 0.717) is 13.1 Å². The van der Waals surface area contributed by atoms with Crippen molar-refractivity contribution in [3.05, 3.63) is 56.4 Å². The van der Waals surface area contributed by atoms with Crippen LogP contribution in [0.5, 0.6) is 0 Å². The van der Waals surface area contributed by atoms with Gasteiger partial charge in [-0.2, -0.15) is 0 Å². The first-order valence-electron chi connectivity index (χ1n) is 8.34. The fourth-order valence-electron chi connectivity index (χ4n) is 2.45. The Balaban J connectivity index is 1.83. The van der Waals surface area contributed by atoms with Crippen LogP contribution in [0.15, 0.2) is 34.4 Å². The maximum atomic E-state index is 12.9. The topological polar surface area (TPSA) is 71.4 Å². The van der Waals surface area contributed by atoms with E-state index in [1.807, 2.05) is 6.92 Å². The molecule has 0 saturated heterocycles. The van der Waals surface area contributed by atoms with Crippen LogP contribution in [0.2, 0.25) is 0 Å². The third kappa shape index (κ3) is 5.52. The lowest BCUT2D eigenvalue weighted by Gasteiger charge is -2.20. The molecule has 2 rings (SSSR count). The first-order chi connectivity index (χ1) is 12.4. The molecule has 0 unspecified atom stereocenters. The van der Waals surface area contributed by atoms with E-state index in [-0.39, 0.29) is 42.0 Å². The number of amides is 2. The van der Waals surface area contributed by atoms with Gasteiger partial charge in [-0.05, 0) is 31.5 Å². The molecule has 1 aromatic carbocycles. The number of aryl methyl sites for hydroxylation is 1. The second kappa shape index (κ2) is 9.28. The molecule has 8 heteroatoms. The van der Waals surface area contributed by atoms with Crippen LogP contribution >= 0.6 is 11.3 Å². The molecule has 0 fully saturated rings. The van der Waals surface area contributed by atoms with Crippen LogP contribution < -0.4 is 10.2 Å². The Morgan fingerprint density at radius 2 is 1.96 bits per heavy atom. The summed E-state index contributed by atoms with van der Waals surface area (Å²) in [6.07, 6.45) is 0.163. The molecule has 2 amide bonds. The Labute approximate surface area is 155 Å². The van der Waals surface area contributed by atoms with Crippen molar-refractivity contribution in [2.75, 3.05) is 13.1 Å². The van der Waals surface area contributed by atoms with Crippen LogP contribution in [0.4, 0.5) is 4.39 Å². The van der Waals surface area contributed by atoms with Gasteiger partial charge < -0.3 is 14.8 Å². The standard InChI is InChI=1S/C18H22FN3O3S/c1-3-21(17(24)8-9-22-13(2)12-26-18(22)25)11-16(23)20-10-14-4-6-15(19)7-5-14/h4-7,12H,3,8-11H2,1-2H3,(H,20,23). The second-order valence-corrected chi connectivity index (χ2v) is 6.68. The van der Waals surface area contributed by atoms with Gasteiger partial charge in [-0.1, -0.05) is 23.5 Å². The number of nitrogens with one attached hydrogen (secondary N) is 1. The van der Waals surface area contributed by atoms with E-state index in [0.717, 1.165) is 22.6 Å². The summed E-state index contributed by atoms with van der Waals surface area (Å²) in [4.78, 5) is 37.4. The van der Waals surface area contributed by atoms with Gasteiger partial charge in [-0.25, -0.2) is 4.39 Å². The third-order valence-corrected chi connectivity index (χ3v) is 4.88. The number of halogens is 1. The molecule has 0 spiro atoms. The number of carbonyl (C=O) groups is 2. The first kappa shape index (κ1) is 19.8. The molecule has 1 heterocycles. The molecule has 0 atom stereocenters. The molecule has 1 N–H and O–H groups in total. The molecule has 0 radical (unpaired) electrons. The summed E-state index contributed by atoms with van der Waals surface area (Å²) in [7, 11) is 0. The second-order valence-electron chi connectivity index (χ2n) is 5.86. The third-order valence-electron chi connectivity index (χ3n) is 4.00. The van der Waals surface area contributed by atoms with Crippen molar-refractivity contribution in [3.8, 4) is 0 Å². The maximum absolute atomic E-state index is 12.9. The lowest BCUT2D eigenvalue weighted by molar-refractivity contribution is -0.136. The quantitative estimate of drug-likeness (QED) is 0.762. The molecule has 0 aliphatic heterocycles. The minimum Gasteiger partial charge on any atom is -0.350 e. The van der Waals surface area contributed by atoms with Gasteiger partial charge in [0.1, 0.15) is 5.82 Å². The lowest BCUT2D eigenvalue weighted by atomic mass is 10.2. The van der Waals surface area contributed by atoms with Crippen LogP contribution in [0.3, 0.4) is 0 Å². The minimum absolute atomic E-state index is 0.0476. The van der Waals surface area contributed by atoms with E-state index >= 15 is 0 Å². The van der Waals surface area contributed by atoms with Gasteiger partial charge in [0.2, 0.25) is 11.8 Å². The fraction of sp³-hybridized carbons (Fsp3) is 0.389. The zero-order valence-electron chi connectivity index (χ0n) is 14.8. The number of likely N-dealkylation sites (N-methyl/N-ethyl adjacent to an activating group) is 1. The predicted molar refractivity (Wildman–Crippen MR) is 98.4 cm³/mol. The Hall–Kier alpha value is -2.48. The van der Waals surface area contributed by atoms with Crippen molar-refractivity contribution in [2.45, 2.75) is 33.4 Å². The maximum Gasteiger partial charge on any atom is 0.307 e. The van der Waals surface area contributed by atoms with Gasteiger partial charge in [0.05, 0.1) is 6.54 Å². The van der Waals surface area contributed by atoms with Gasteiger partial charge >= 0.3 is 4.87 Å². The zero-order chi connectivity index (χ0) is 19.1. The molecule has 0 bridgehead atoms. The van der Waals surface area contributed by atoms with Crippen LogP contribution in [-0.2, 0) is 22.7 Å². The van der Waals surface area contributed by atoms with Gasteiger partial charge in [-0.3, -0.25) is 14.4 Å². The number of hydrogen-bond donors (Lipinski definition) is 1. The largest absolute Gasteiger partial charge is 0.350 e. The van der Waals surface area contributed by atoms with Crippen molar-refractivity contribution >= 4 is 23.2 Å². The number of carbonyl (C=O) groups excluding carboxylic acids is 2. The van der Waals surface area contributed by atoms with Crippen molar-refractivity contribution in [1.29, 1.82) is 0 Å². The average molecular weight is 379 g/mol. The van der Waals surface area contributed by atoms with Gasteiger partial charge in [0.15, 0.2) is 0 Å². The van der Waals surface area contributed by atoms with Crippen LogP contribution in [0.25, 0.3) is 0 Å². The first-order valence-corrected chi connectivity index (χ1v) is 9.22. The number of hydrogen-bond acceptors (Lipinski definition) is 4. The highest BCUT2D eigenvalue weighted by Gasteiger charge is 2.16. The van der Waals surface area contributed by atoms with Crippen molar-refractivity contribution in [2.24, 2.45) is 0 Å². The number of benzene rings is 1. The van der Waals surface area contributed by atoms with E-state index in [2.05, 4.69) is 5.32 Å². The highest BCUT2D eigenvalue weighted by molar-refractivity contribution is 7.07. The zero-order valence-corrected chi connectivity index (χ0v) is 15.6. The van der Waals surface area contributed by atoms with Crippen molar-refractivity contribution < 1.29 is 14.0 Å². The summed E-state index contributed by atoms with van der Waals surface area (Å²) in [5, 5.41) is 4.47. The summed E-state index contributed by atoms with van der Waals surface area (Å²) in [6, 6.07) is 5.86. The summed E-state index contributed by atoms with van der Waals surface area (Å²) < 4.78 is 14.4. The summed E-state index contributed by atoms with van der Waals surface area (Å²) >= 11 is 1.11. The number of rotatable bonds is 8. The molecule has 0 saturated carbocycles. The van der Waals surface area contributed by atoms with Gasteiger partial charge in [0, 0.05) is 37.1 Å². The number of thiazole rings is 1. The highest BCUT2D eigenvalue weighted by atomic mass is 32.1. The molecular weight excluding hydrogens is 357 g/mol. The molecule has 0 aliphatic rings. The minimum atomic E-state index is -0.331. The molecule has 6 nitrogen and oxygen atoms in total. The normalized spacial score (nSPS) is 10.6. The van der Waals surface area contributed by atoms with E-state index in [1.54, 1.807) is 29.0 Å².